The number of carbonyl (C=O) groups excluding carboxylic acids is 1. The van der Waals surface area contributed by atoms with Gasteiger partial charge in [0.2, 0.25) is 0 Å². The Morgan fingerprint density at radius 1 is 1.58 bits per heavy atom. The lowest BCUT2D eigenvalue weighted by Crippen LogP contribution is -2.24. The molecule has 0 N–H and O–H groups in total. The van der Waals surface area contributed by atoms with E-state index >= 15 is 0 Å². The molecule has 0 saturated heterocycles. The van der Waals surface area contributed by atoms with Gasteiger partial charge >= 0.3 is 0 Å². The molecule has 0 aliphatic carbocycles. The zero-order valence-electron chi connectivity index (χ0n) is 7.57. The lowest BCUT2D eigenvalue weighted by atomic mass is 10.1. The summed E-state index contributed by atoms with van der Waals surface area (Å²) in [4.78, 5) is 14.3. The maximum atomic E-state index is 11.2. The number of ketones is 1. The van der Waals surface area contributed by atoms with Crippen LogP contribution in [0.25, 0.3) is 0 Å². The predicted octanol–water partition coefficient (Wildman–Crippen LogP) is 1.94. The standard InChI is InChI=1S/C9H13NOS/c1-7(11)9(10(2)3)8-5-4-6-12-8/h4-6,9H,1-3H3. The van der Waals surface area contributed by atoms with E-state index in [1.54, 1.807) is 18.3 Å². The summed E-state index contributed by atoms with van der Waals surface area (Å²) in [6.07, 6.45) is 0. The normalized spacial score (nSPS) is 13.3. The van der Waals surface area contributed by atoms with Gasteiger partial charge in [-0.2, -0.15) is 0 Å². The molecule has 0 fully saturated rings. The molecule has 0 amide bonds. The highest BCUT2D eigenvalue weighted by molar-refractivity contribution is 7.10. The minimum absolute atomic E-state index is 0.0648. The highest BCUT2D eigenvalue weighted by Crippen LogP contribution is 2.23. The molecule has 66 valence electrons. The molecule has 2 nitrogen and oxygen atoms in total. The molecule has 0 bridgehead atoms. The van der Waals surface area contributed by atoms with Crippen molar-refractivity contribution in [2.24, 2.45) is 0 Å². The van der Waals surface area contributed by atoms with Crippen molar-refractivity contribution in [1.82, 2.24) is 4.90 Å². The molecule has 0 aliphatic heterocycles. The quantitative estimate of drug-likeness (QED) is 0.713. The van der Waals surface area contributed by atoms with E-state index in [1.165, 1.54) is 0 Å². The van der Waals surface area contributed by atoms with E-state index in [-0.39, 0.29) is 11.8 Å². The number of hydrogen-bond donors (Lipinski definition) is 0. The van der Waals surface area contributed by atoms with E-state index in [4.69, 9.17) is 0 Å². The van der Waals surface area contributed by atoms with Gasteiger partial charge in [0.1, 0.15) is 6.04 Å². The van der Waals surface area contributed by atoms with Crippen LogP contribution in [0.4, 0.5) is 0 Å². The third-order valence-electron chi connectivity index (χ3n) is 1.71. The van der Waals surface area contributed by atoms with Crippen LogP contribution >= 0.6 is 11.3 Å². The van der Waals surface area contributed by atoms with Crippen LogP contribution in [0.1, 0.15) is 17.8 Å². The number of nitrogens with zero attached hydrogens (tertiary/aromatic N) is 1. The van der Waals surface area contributed by atoms with Gasteiger partial charge in [0.05, 0.1) is 0 Å². The summed E-state index contributed by atoms with van der Waals surface area (Å²) in [5.74, 6) is 0.197. The Hall–Kier alpha value is -0.670. The smallest absolute Gasteiger partial charge is 0.152 e. The molecular weight excluding hydrogens is 170 g/mol. The first-order chi connectivity index (χ1) is 5.63. The largest absolute Gasteiger partial charge is 0.298 e. The molecule has 3 heteroatoms. The second-order valence-corrected chi connectivity index (χ2v) is 3.97. The molecule has 0 spiro atoms. The summed E-state index contributed by atoms with van der Waals surface area (Å²) in [7, 11) is 3.84. The van der Waals surface area contributed by atoms with E-state index in [1.807, 2.05) is 36.5 Å². The first kappa shape index (κ1) is 9.42. The Morgan fingerprint density at radius 3 is 2.58 bits per heavy atom. The van der Waals surface area contributed by atoms with Crippen molar-refractivity contribution in [3.63, 3.8) is 0 Å². The number of rotatable bonds is 3. The molecule has 0 aliphatic rings. The SMILES string of the molecule is CC(=O)C(c1cccs1)N(C)C. The van der Waals surface area contributed by atoms with Crippen LogP contribution in [0.5, 0.6) is 0 Å². The third kappa shape index (κ3) is 1.93. The molecule has 1 heterocycles. The second-order valence-electron chi connectivity index (χ2n) is 2.99. The highest BCUT2D eigenvalue weighted by Gasteiger charge is 2.19. The molecule has 0 radical (unpaired) electrons. The van der Waals surface area contributed by atoms with Crippen molar-refractivity contribution in [2.75, 3.05) is 14.1 Å². The third-order valence-corrected chi connectivity index (χ3v) is 2.64. The van der Waals surface area contributed by atoms with E-state index in [0.717, 1.165) is 4.88 Å². The Morgan fingerprint density at radius 2 is 2.25 bits per heavy atom. The lowest BCUT2D eigenvalue weighted by molar-refractivity contribution is -0.121. The molecule has 1 unspecified atom stereocenters. The fourth-order valence-corrected chi connectivity index (χ4v) is 2.24. The molecule has 1 atom stereocenters. The maximum absolute atomic E-state index is 11.2. The summed E-state index contributed by atoms with van der Waals surface area (Å²) in [6, 6.07) is 3.90. The van der Waals surface area contributed by atoms with E-state index in [2.05, 4.69) is 0 Å². The first-order valence-corrected chi connectivity index (χ1v) is 4.71. The number of carbonyl (C=O) groups is 1. The Bertz CT molecular complexity index is 254. The van der Waals surface area contributed by atoms with Crippen molar-refractivity contribution in [3.05, 3.63) is 22.4 Å². The fraction of sp³-hybridized carbons (Fsp3) is 0.444. The summed E-state index contributed by atoms with van der Waals surface area (Å²) >= 11 is 1.63. The average Bonchev–Trinajstić information content (AvgIpc) is 2.37. The van der Waals surface area contributed by atoms with Gasteiger partial charge in [-0.05, 0) is 32.5 Å². The lowest BCUT2D eigenvalue weighted by Gasteiger charge is -2.19. The minimum Gasteiger partial charge on any atom is -0.298 e. The monoisotopic (exact) mass is 183 g/mol. The number of hydrogen-bond acceptors (Lipinski definition) is 3. The van der Waals surface area contributed by atoms with Crippen LogP contribution in [0.2, 0.25) is 0 Å². The van der Waals surface area contributed by atoms with E-state index < -0.39 is 0 Å². The summed E-state index contributed by atoms with van der Waals surface area (Å²) < 4.78 is 0. The molecule has 1 rings (SSSR count). The average molecular weight is 183 g/mol. The maximum Gasteiger partial charge on any atom is 0.152 e. The molecule has 12 heavy (non-hydrogen) atoms. The van der Waals surface area contributed by atoms with Gasteiger partial charge in [0.25, 0.3) is 0 Å². The molecular formula is C9H13NOS. The number of Topliss-reactive ketones (excluding diaryl/α,β-unsaturated/α-hetero) is 1. The van der Waals surface area contributed by atoms with Gasteiger partial charge < -0.3 is 0 Å². The minimum atomic E-state index is -0.0648. The van der Waals surface area contributed by atoms with Crippen LogP contribution in [0, 0.1) is 0 Å². The molecule has 1 aromatic rings. The Kier molecular flexibility index (Phi) is 3.00. The summed E-state index contributed by atoms with van der Waals surface area (Å²) in [5, 5.41) is 1.99. The second kappa shape index (κ2) is 3.83. The highest BCUT2D eigenvalue weighted by atomic mass is 32.1. The van der Waals surface area contributed by atoms with Crippen LogP contribution < -0.4 is 0 Å². The Balaban J connectivity index is 2.88. The molecule has 0 aromatic carbocycles. The van der Waals surface area contributed by atoms with Gasteiger partial charge in [-0.25, -0.2) is 0 Å². The van der Waals surface area contributed by atoms with Gasteiger partial charge in [0.15, 0.2) is 5.78 Å². The zero-order chi connectivity index (χ0) is 9.14. The predicted molar refractivity (Wildman–Crippen MR) is 51.4 cm³/mol. The van der Waals surface area contributed by atoms with E-state index in [0.29, 0.717) is 0 Å². The van der Waals surface area contributed by atoms with Crippen molar-refractivity contribution in [3.8, 4) is 0 Å². The zero-order valence-corrected chi connectivity index (χ0v) is 8.39. The van der Waals surface area contributed by atoms with Crippen molar-refractivity contribution >= 4 is 17.1 Å². The van der Waals surface area contributed by atoms with Gasteiger partial charge in [-0.3, -0.25) is 9.69 Å². The van der Waals surface area contributed by atoms with Crippen LogP contribution in [0.15, 0.2) is 17.5 Å². The first-order valence-electron chi connectivity index (χ1n) is 3.83. The molecule has 0 saturated carbocycles. The van der Waals surface area contributed by atoms with Crippen molar-refractivity contribution in [1.29, 1.82) is 0 Å². The summed E-state index contributed by atoms with van der Waals surface area (Å²) in [6.45, 7) is 1.63. The number of likely N-dealkylation sites (N-methyl/N-ethyl adjacent to an activating group) is 1. The van der Waals surface area contributed by atoms with Crippen LogP contribution in [-0.4, -0.2) is 24.8 Å². The van der Waals surface area contributed by atoms with Gasteiger partial charge in [0, 0.05) is 4.88 Å². The Labute approximate surface area is 76.8 Å². The number of thiophene rings is 1. The van der Waals surface area contributed by atoms with Crippen molar-refractivity contribution < 1.29 is 4.79 Å². The van der Waals surface area contributed by atoms with Gasteiger partial charge in [-0.15, -0.1) is 11.3 Å². The van der Waals surface area contributed by atoms with Crippen molar-refractivity contribution in [2.45, 2.75) is 13.0 Å². The van der Waals surface area contributed by atoms with Crippen LogP contribution in [0.3, 0.4) is 0 Å². The summed E-state index contributed by atoms with van der Waals surface area (Å²) in [5.41, 5.74) is 0. The fourth-order valence-electron chi connectivity index (χ4n) is 1.27. The van der Waals surface area contributed by atoms with Crippen LogP contribution in [-0.2, 0) is 4.79 Å². The molecule has 1 aromatic heterocycles. The van der Waals surface area contributed by atoms with Gasteiger partial charge in [-0.1, -0.05) is 6.07 Å². The topological polar surface area (TPSA) is 20.3 Å². The van der Waals surface area contributed by atoms with E-state index in [9.17, 15) is 4.79 Å².